The third kappa shape index (κ3) is 2.93. The molecule has 0 bridgehead atoms. The fourth-order valence-electron chi connectivity index (χ4n) is 2.43. The van der Waals surface area contributed by atoms with Crippen LogP contribution in [0.4, 0.5) is 0 Å². The fourth-order valence-corrected chi connectivity index (χ4v) is 2.43. The van der Waals surface area contributed by atoms with E-state index in [9.17, 15) is 4.79 Å². The molecule has 1 atom stereocenters. The Labute approximate surface area is 117 Å². The molecule has 1 aromatic carbocycles. The molecule has 3 rings (SSSR count). The van der Waals surface area contributed by atoms with E-state index in [1.54, 1.807) is 6.07 Å². The van der Waals surface area contributed by atoms with Gasteiger partial charge in [-0.15, -0.1) is 17.5 Å². The first-order valence-corrected chi connectivity index (χ1v) is 6.40. The quantitative estimate of drug-likeness (QED) is 0.902. The summed E-state index contributed by atoms with van der Waals surface area (Å²) in [6.45, 7) is 1.64. The second-order valence-corrected chi connectivity index (χ2v) is 4.74. The minimum Gasteiger partial charge on any atom is -0.312 e. The average Bonchev–Trinajstić information content (AvgIpc) is 2.43. The molecule has 5 nitrogen and oxygen atoms in total. The Hall–Kier alpha value is -1.46. The minimum absolute atomic E-state index is 0. The maximum absolute atomic E-state index is 12.2. The van der Waals surface area contributed by atoms with Gasteiger partial charge in [0.1, 0.15) is 5.52 Å². The van der Waals surface area contributed by atoms with Gasteiger partial charge in [0.05, 0.1) is 11.9 Å². The van der Waals surface area contributed by atoms with Gasteiger partial charge in [0.2, 0.25) is 0 Å². The molecule has 0 radical (unpaired) electrons. The molecule has 6 heteroatoms. The number of hydrogen-bond acceptors (Lipinski definition) is 4. The minimum atomic E-state index is -0.0482. The maximum Gasteiger partial charge on any atom is 0.277 e. The Kier molecular flexibility index (Phi) is 4.50. The molecule has 102 valence electrons. The van der Waals surface area contributed by atoms with E-state index in [0.29, 0.717) is 23.5 Å². The second-order valence-electron chi connectivity index (χ2n) is 4.74. The zero-order chi connectivity index (χ0) is 12.4. The van der Waals surface area contributed by atoms with Gasteiger partial charge in [-0.2, -0.15) is 0 Å². The summed E-state index contributed by atoms with van der Waals surface area (Å²) < 4.78 is 1.48. The van der Waals surface area contributed by atoms with Crippen LogP contribution in [0.3, 0.4) is 0 Å². The first-order chi connectivity index (χ1) is 8.84. The number of fused-ring (bicyclic) bond motifs is 1. The van der Waals surface area contributed by atoms with E-state index in [1.807, 2.05) is 18.2 Å². The van der Waals surface area contributed by atoms with Gasteiger partial charge in [-0.3, -0.25) is 4.79 Å². The monoisotopic (exact) mass is 280 g/mol. The molecule has 1 aliphatic heterocycles. The molecule has 2 heterocycles. The molecule has 1 saturated heterocycles. The Morgan fingerprint density at radius 3 is 2.95 bits per heavy atom. The van der Waals surface area contributed by atoms with E-state index in [-0.39, 0.29) is 18.0 Å². The normalized spacial score (nSPS) is 19.1. The van der Waals surface area contributed by atoms with Crippen molar-refractivity contribution in [1.82, 2.24) is 20.3 Å². The standard InChI is InChI=1S/C13H16N4O.ClH/c18-13-11-6-1-2-7-12(11)15-16-17(13)9-10-5-3-4-8-14-10;/h1-2,6-7,10,14H,3-5,8-9H2;1H. The molecule has 1 N–H and O–H groups in total. The number of nitrogens with zero attached hydrogens (tertiary/aromatic N) is 3. The number of aromatic nitrogens is 3. The molecule has 1 aliphatic rings. The van der Waals surface area contributed by atoms with Crippen molar-refractivity contribution in [2.24, 2.45) is 0 Å². The summed E-state index contributed by atoms with van der Waals surface area (Å²) in [4.78, 5) is 12.2. The van der Waals surface area contributed by atoms with Crippen molar-refractivity contribution in [3.8, 4) is 0 Å². The Morgan fingerprint density at radius 2 is 2.16 bits per heavy atom. The van der Waals surface area contributed by atoms with Crippen LogP contribution >= 0.6 is 12.4 Å². The lowest BCUT2D eigenvalue weighted by atomic mass is 10.1. The van der Waals surface area contributed by atoms with Gasteiger partial charge in [0.25, 0.3) is 5.56 Å². The molecular formula is C13H17ClN4O. The van der Waals surface area contributed by atoms with Gasteiger partial charge in [0, 0.05) is 6.04 Å². The van der Waals surface area contributed by atoms with Crippen molar-refractivity contribution < 1.29 is 0 Å². The van der Waals surface area contributed by atoms with Gasteiger partial charge < -0.3 is 5.32 Å². The lowest BCUT2D eigenvalue weighted by molar-refractivity contribution is 0.341. The number of hydrogen-bond donors (Lipinski definition) is 1. The summed E-state index contributed by atoms with van der Waals surface area (Å²) in [5.41, 5.74) is 0.614. The zero-order valence-corrected chi connectivity index (χ0v) is 11.4. The Morgan fingerprint density at radius 1 is 1.32 bits per heavy atom. The van der Waals surface area contributed by atoms with Crippen LogP contribution in [0, 0.1) is 0 Å². The van der Waals surface area contributed by atoms with Gasteiger partial charge in [-0.05, 0) is 31.5 Å². The van der Waals surface area contributed by atoms with Gasteiger partial charge in [-0.1, -0.05) is 23.8 Å². The molecule has 0 amide bonds. The van der Waals surface area contributed by atoms with Crippen molar-refractivity contribution in [3.63, 3.8) is 0 Å². The highest BCUT2D eigenvalue weighted by Gasteiger charge is 2.15. The third-order valence-electron chi connectivity index (χ3n) is 3.44. The number of halogens is 1. The summed E-state index contributed by atoms with van der Waals surface area (Å²) in [5.74, 6) is 0. The first kappa shape index (κ1) is 14.0. The smallest absolute Gasteiger partial charge is 0.277 e. The highest BCUT2D eigenvalue weighted by atomic mass is 35.5. The zero-order valence-electron chi connectivity index (χ0n) is 10.6. The van der Waals surface area contributed by atoms with E-state index in [0.717, 1.165) is 13.0 Å². The van der Waals surface area contributed by atoms with Crippen LogP contribution < -0.4 is 10.9 Å². The SMILES string of the molecule is Cl.O=c1c2ccccc2nnn1CC1CCCCN1. The van der Waals surface area contributed by atoms with Crippen molar-refractivity contribution in [3.05, 3.63) is 34.6 Å². The Bertz CT molecular complexity index is 607. The molecule has 2 aromatic rings. The topological polar surface area (TPSA) is 59.8 Å². The maximum atomic E-state index is 12.2. The molecule has 0 spiro atoms. The number of benzene rings is 1. The van der Waals surface area contributed by atoms with Crippen LogP contribution in [0.2, 0.25) is 0 Å². The molecule has 0 saturated carbocycles. The molecular weight excluding hydrogens is 264 g/mol. The van der Waals surface area contributed by atoms with E-state index in [1.165, 1.54) is 17.5 Å². The van der Waals surface area contributed by atoms with E-state index >= 15 is 0 Å². The molecule has 1 fully saturated rings. The number of nitrogens with one attached hydrogen (secondary N) is 1. The highest BCUT2D eigenvalue weighted by Crippen LogP contribution is 2.08. The predicted molar refractivity (Wildman–Crippen MR) is 76.7 cm³/mol. The predicted octanol–water partition coefficient (Wildman–Crippen LogP) is 1.36. The van der Waals surface area contributed by atoms with Crippen LogP contribution in [0.5, 0.6) is 0 Å². The van der Waals surface area contributed by atoms with Gasteiger partial charge in [0.15, 0.2) is 0 Å². The summed E-state index contributed by atoms with van der Waals surface area (Å²) in [7, 11) is 0. The lowest BCUT2D eigenvalue weighted by Gasteiger charge is -2.23. The molecule has 19 heavy (non-hydrogen) atoms. The van der Waals surface area contributed by atoms with E-state index < -0.39 is 0 Å². The Balaban J connectivity index is 0.00000133. The van der Waals surface area contributed by atoms with Crippen molar-refractivity contribution in [2.75, 3.05) is 6.54 Å². The lowest BCUT2D eigenvalue weighted by Crippen LogP contribution is -2.40. The first-order valence-electron chi connectivity index (χ1n) is 6.40. The van der Waals surface area contributed by atoms with E-state index in [4.69, 9.17) is 0 Å². The van der Waals surface area contributed by atoms with Crippen LogP contribution in [-0.4, -0.2) is 27.6 Å². The van der Waals surface area contributed by atoms with Crippen LogP contribution in [-0.2, 0) is 6.54 Å². The van der Waals surface area contributed by atoms with Crippen molar-refractivity contribution in [2.45, 2.75) is 31.8 Å². The number of rotatable bonds is 2. The average molecular weight is 281 g/mol. The summed E-state index contributed by atoms with van der Waals surface area (Å²) in [6.07, 6.45) is 3.53. The summed E-state index contributed by atoms with van der Waals surface area (Å²) in [5, 5.41) is 12.2. The van der Waals surface area contributed by atoms with Crippen LogP contribution in [0.15, 0.2) is 29.1 Å². The van der Waals surface area contributed by atoms with Crippen LogP contribution in [0.1, 0.15) is 19.3 Å². The molecule has 1 aromatic heterocycles. The highest BCUT2D eigenvalue weighted by molar-refractivity contribution is 5.85. The van der Waals surface area contributed by atoms with E-state index in [2.05, 4.69) is 15.6 Å². The summed E-state index contributed by atoms with van der Waals surface area (Å²) in [6, 6.07) is 7.68. The van der Waals surface area contributed by atoms with Gasteiger partial charge >= 0.3 is 0 Å². The second kappa shape index (κ2) is 6.12. The fraction of sp³-hybridized carbons (Fsp3) is 0.462. The third-order valence-corrected chi connectivity index (χ3v) is 3.44. The summed E-state index contributed by atoms with van der Waals surface area (Å²) >= 11 is 0. The van der Waals surface area contributed by atoms with Gasteiger partial charge in [-0.25, -0.2) is 4.68 Å². The van der Waals surface area contributed by atoms with Crippen molar-refractivity contribution >= 4 is 23.3 Å². The molecule has 1 unspecified atom stereocenters. The van der Waals surface area contributed by atoms with Crippen molar-refractivity contribution in [1.29, 1.82) is 0 Å². The number of piperidine rings is 1. The van der Waals surface area contributed by atoms with Crippen LogP contribution in [0.25, 0.3) is 10.9 Å². The largest absolute Gasteiger partial charge is 0.312 e. The molecule has 0 aliphatic carbocycles.